The fourth-order valence-corrected chi connectivity index (χ4v) is 2.55. The summed E-state index contributed by atoms with van der Waals surface area (Å²) in [5.74, 6) is 1.73. The molecule has 0 amide bonds. The van der Waals surface area contributed by atoms with Gasteiger partial charge >= 0.3 is 0 Å². The van der Waals surface area contributed by atoms with E-state index in [0.717, 1.165) is 43.1 Å². The van der Waals surface area contributed by atoms with Crippen LogP contribution in [-0.4, -0.2) is 26.5 Å². The van der Waals surface area contributed by atoms with Gasteiger partial charge in [-0.05, 0) is 26.2 Å². The second kappa shape index (κ2) is 6.11. The van der Waals surface area contributed by atoms with Crippen LogP contribution in [0.1, 0.15) is 47.0 Å². The van der Waals surface area contributed by atoms with Crippen LogP contribution in [-0.2, 0) is 0 Å². The van der Waals surface area contributed by atoms with Gasteiger partial charge < -0.3 is 15.0 Å². The van der Waals surface area contributed by atoms with Gasteiger partial charge in [-0.3, -0.25) is 0 Å². The van der Waals surface area contributed by atoms with Crippen molar-refractivity contribution in [1.82, 2.24) is 14.4 Å². The zero-order valence-corrected chi connectivity index (χ0v) is 12.9. The van der Waals surface area contributed by atoms with Crippen LogP contribution in [0.15, 0.2) is 18.6 Å². The van der Waals surface area contributed by atoms with Gasteiger partial charge in [-0.2, -0.15) is 0 Å². The standard InChI is InChI=1S/C15H25N5/c1-5-15(6-2,7-3)19-13-14-17-9-10-20(14)11-12(18-13)16-8-4/h9-11,16H,5-8H2,1-4H3,(H,18,19). The minimum atomic E-state index is 0.0876. The maximum Gasteiger partial charge on any atom is 0.180 e. The van der Waals surface area contributed by atoms with Gasteiger partial charge in [0, 0.05) is 24.5 Å². The number of aromatic nitrogens is 3. The van der Waals surface area contributed by atoms with Crippen LogP contribution < -0.4 is 10.6 Å². The summed E-state index contributed by atoms with van der Waals surface area (Å²) in [6.07, 6.45) is 8.94. The molecule has 5 heteroatoms. The molecule has 0 fully saturated rings. The Kier molecular flexibility index (Phi) is 4.47. The molecule has 0 unspecified atom stereocenters. The van der Waals surface area contributed by atoms with E-state index in [1.807, 2.05) is 23.0 Å². The van der Waals surface area contributed by atoms with E-state index in [-0.39, 0.29) is 5.54 Å². The highest BCUT2D eigenvalue weighted by Crippen LogP contribution is 2.27. The van der Waals surface area contributed by atoms with Crippen LogP contribution in [0.4, 0.5) is 11.6 Å². The maximum atomic E-state index is 4.69. The Labute approximate surface area is 120 Å². The number of imidazole rings is 1. The number of nitrogens with zero attached hydrogens (tertiary/aromatic N) is 3. The first-order valence-electron chi connectivity index (χ1n) is 7.53. The molecule has 2 N–H and O–H groups in total. The lowest BCUT2D eigenvalue weighted by Gasteiger charge is -2.32. The Morgan fingerprint density at radius 1 is 1.15 bits per heavy atom. The average molecular weight is 275 g/mol. The molecule has 0 aliphatic heterocycles. The molecule has 0 atom stereocenters. The largest absolute Gasteiger partial charge is 0.369 e. The van der Waals surface area contributed by atoms with Crippen LogP contribution in [0.2, 0.25) is 0 Å². The molecule has 2 rings (SSSR count). The van der Waals surface area contributed by atoms with Crippen LogP contribution in [0.5, 0.6) is 0 Å². The molecule has 0 radical (unpaired) electrons. The van der Waals surface area contributed by atoms with Crippen molar-refractivity contribution in [2.75, 3.05) is 17.2 Å². The topological polar surface area (TPSA) is 54.2 Å². The number of nitrogens with one attached hydrogen (secondary N) is 2. The zero-order chi connectivity index (χ0) is 14.6. The minimum absolute atomic E-state index is 0.0876. The molecule has 0 saturated heterocycles. The second-order valence-corrected chi connectivity index (χ2v) is 5.13. The molecule has 2 heterocycles. The van der Waals surface area contributed by atoms with Crippen molar-refractivity contribution in [2.45, 2.75) is 52.5 Å². The molecule has 0 saturated carbocycles. The summed E-state index contributed by atoms with van der Waals surface area (Å²) in [5.41, 5.74) is 0.968. The van der Waals surface area contributed by atoms with E-state index in [0.29, 0.717) is 0 Å². The lowest BCUT2D eigenvalue weighted by atomic mass is 9.90. The number of hydrogen-bond acceptors (Lipinski definition) is 4. The SMILES string of the molecule is CCNc1cn2ccnc2c(NC(CC)(CC)CC)n1. The molecule has 0 aliphatic rings. The van der Waals surface area contributed by atoms with Crippen molar-refractivity contribution in [1.29, 1.82) is 0 Å². The Morgan fingerprint density at radius 3 is 2.45 bits per heavy atom. The van der Waals surface area contributed by atoms with Crippen LogP contribution in [0, 0.1) is 0 Å². The van der Waals surface area contributed by atoms with E-state index < -0.39 is 0 Å². The smallest absolute Gasteiger partial charge is 0.180 e. The van der Waals surface area contributed by atoms with E-state index in [1.54, 1.807) is 0 Å². The van der Waals surface area contributed by atoms with Gasteiger partial charge in [0.25, 0.3) is 0 Å². The van der Waals surface area contributed by atoms with E-state index in [9.17, 15) is 0 Å². The summed E-state index contributed by atoms with van der Waals surface area (Å²) in [4.78, 5) is 9.10. The molecule has 0 bridgehead atoms. The number of hydrogen-bond donors (Lipinski definition) is 2. The van der Waals surface area contributed by atoms with Crippen molar-refractivity contribution in [3.63, 3.8) is 0 Å². The molecule has 5 nitrogen and oxygen atoms in total. The summed E-state index contributed by atoms with van der Waals surface area (Å²) < 4.78 is 2.01. The highest BCUT2D eigenvalue weighted by atomic mass is 15.2. The highest BCUT2D eigenvalue weighted by Gasteiger charge is 2.25. The van der Waals surface area contributed by atoms with Crippen molar-refractivity contribution >= 4 is 17.3 Å². The van der Waals surface area contributed by atoms with E-state index >= 15 is 0 Å². The summed E-state index contributed by atoms with van der Waals surface area (Å²) in [6, 6.07) is 0. The summed E-state index contributed by atoms with van der Waals surface area (Å²) in [7, 11) is 0. The molecule has 2 aromatic heterocycles. The number of fused-ring (bicyclic) bond motifs is 1. The van der Waals surface area contributed by atoms with Crippen molar-refractivity contribution in [3.05, 3.63) is 18.6 Å². The van der Waals surface area contributed by atoms with Crippen LogP contribution in [0.25, 0.3) is 5.65 Å². The molecule has 20 heavy (non-hydrogen) atoms. The van der Waals surface area contributed by atoms with Crippen molar-refractivity contribution in [2.24, 2.45) is 0 Å². The van der Waals surface area contributed by atoms with Gasteiger partial charge in [0.15, 0.2) is 11.5 Å². The van der Waals surface area contributed by atoms with E-state index in [2.05, 4.69) is 48.3 Å². The molecule has 0 aromatic carbocycles. The third kappa shape index (κ3) is 2.71. The number of rotatable bonds is 7. The third-order valence-electron chi connectivity index (χ3n) is 4.15. The number of anilines is 2. The van der Waals surface area contributed by atoms with Gasteiger partial charge in [-0.15, -0.1) is 0 Å². The highest BCUT2D eigenvalue weighted by molar-refractivity contribution is 5.66. The van der Waals surface area contributed by atoms with Gasteiger partial charge in [0.1, 0.15) is 5.82 Å². The van der Waals surface area contributed by atoms with Crippen LogP contribution in [0.3, 0.4) is 0 Å². The normalized spacial score (nSPS) is 11.8. The predicted molar refractivity (Wildman–Crippen MR) is 84.4 cm³/mol. The Balaban J connectivity index is 2.43. The lowest BCUT2D eigenvalue weighted by molar-refractivity contribution is 0.419. The van der Waals surface area contributed by atoms with Gasteiger partial charge in [0.2, 0.25) is 0 Å². The van der Waals surface area contributed by atoms with Crippen molar-refractivity contribution in [3.8, 4) is 0 Å². The predicted octanol–water partition coefficient (Wildman–Crippen LogP) is 3.54. The Bertz CT molecular complexity index is 548. The summed E-state index contributed by atoms with van der Waals surface area (Å²) in [5, 5.41) is 6.90. The molecule has 0 aliphatic carbocycles. The van der Waals surface area contributed by atoms with Gasteiger partial charge in [0.05, 0.1) is 6.20 Å². The Morgan fingerprint density at radius 2 is 1.85 bits per heavy atom. The average Bonchev–Trinajstić information content (AvgIpc) is 2.94. The second-order valence-electron chi connectivity index (χ2n) is 5.13. The van der Waals surface area contributed by atoms with E-state index in [1.165, 1.54) is 0 Å². The Hall–Kier alpha value is -1.78. The quantitative estimate of drug-likeness (QED) is 0.811. The van der Waals surface area contributed by atoms with E-state index in [4.69, 9.17) is 0 Å². The monoisotopic (exact) mass is 275 g/mol. The van der Waals surface area contributed by atoms with Gasteiger partial charge in [-0.1, -0.05) is 20.8 Å². The lowest BCUT2D eigenvalue weighted by Crippen LogP contribution is -2.36. The summed E-state index contributed by atoms with van der Waals surface area (Å²) >= 11 is 0. The molecule has 2 aromatic rings. The fourth-order valence-electron chi connectivity index (χ4n) is 2.55. The fraction of sp³-hybridized carbons (Fsp3) is 0.600. The van der Waals surface area contributed by atoms with Crippen molar-refractivity contribution < 1.29 is 0 Å². The summed E-state index contributed by atoms with van der Waals surface area (Å²) in [6.45, 7) is 9.58. The third-order valence-corrected chi connectivity index (χ3v) is 4.15. The first-order valence-corrected chi connectivity index (χ1v) is 7.53. The van der Waals surface area contributed by atoms with Crippen LogP contribution >= 0.6 is 0 Å². The maximum absolute atomic E-state index is 4.69. The molecular weight excluding hydrogens is 250 g/mol. The molecular formula is C15H25N5. The molecule has 110 valence electrons. The zero-order valence-electron chi connectivity index (χ0n) is 12.9. The van der Waals surface area contributed by atoms with Gasteiger partial charge in [-0.25, -0.2) is 9.97 Å². The first kappa shape index (κ1) is 14.6. The molecule has 0 spiro atoms. The minimum Gasteiger partial charge on any atom is -0.369 e. The first-order chi connectivity index (χ1) is 9.68.